The minimum atomic E-state index is -0.360. The fraction of sp³-hybridized carbons (Fsp3) is 0.600. The van der Waals surface area contributed by atoms with Gasteiger partial charge in [0.2, 0.25) is 0 Å². The van der Waals surface area contributed by atoms with Gasteiger partial charge in [-0.1, -0.05) is 6.92 Å². The van der Waals surface area contributed by atoms with E-state index < -0.39 is 0 Å². The lowest BCUT2D eigenvalue weighted by Crippen LogP contribution is -2.45. The molecular weight excluding hydrogens is 270 g/mol. The number of nitrogens with zero attached hydrogens (tertiary/aromatic N) is 2. The van der Waals surface area contributed by atoms with Crippen LogP contribution in [0.2, 0.25) is 0 Å². The minimum Gasteiger partial charge on any atom is -0.465 e. The lowest BCUT2D eigenvalue weighted by molar-refractivity contribution is -0.0192. The van der Waals surface area contributed by atoms with E-state index in [-0.39, 0.29) is 12.1 Å². The monoisotopic (exact) mass is 293 g/mol. The van der Waals surface area contributed by atoms with Crippen LogP contribution >= 0.6 is 0 Å². The molecule has 1 aliphatic heterocycles. The molecule has 1 aromatic rings. The molecule has 116 valence electrons. The summed E-state index contributed by atoms with van der Waals surface area (Å²) >= 11 is 0. The van der Waals surface area contributed by atoms with Crippen LogP contribution in [0, 0.1) is 6.92 Å². The number of nitrogens with one attached hydrogen (secondary N) is 1. The van der Waals surface area contributed by atoms with Gasteiger partial charge in [0.05, 0.1) is 31.1 Å². The molecule has 0 saturated carbocycles. The number of pyridine rings is 1. The highest BCUT2D eigenvalue weighted by atomic mass is 16.5. The van der Waals surface area contributed by atoms with Gasteiger partial charge < -0.3 is 14.8 Å². The number of carbonyl (C=O) groups excluding carboxylic acids is 1. The van der Waals surface area contributed by atoms with Crippen molar-refractivity contribution in [2.24, 2.45) is 0 Å². The Balaban J connectivity index is 1.91. The average Bonchev–Trinajstić information content (AvgIpc) is 2.52. The molecule has 0 aliphatic carbocycles. The third kappa shape index (κ3) is 4.15. The molecule has 1 aromatic heterocycles. The number of hydrogen-bond acceptors (Lipinski definition) is 6. The maximum Gasteiger partial charge on any atom is 0.339 e. The molecule has 0 radical (unpaired) electrons. The first-order valence-corrected chi connectivity index (χ1v) is 7.27. The third-order valence-electron chi connectivity index (χ3n) is 3.67. The normalized spacial score (nSPS) is 19.3. The zero-order chi connectivity index (χ0) is 15.2. The van der Waals surface area contributed by atoms with Crippen LogP contribution in [0.1, 0.15) is 23.0 Å². The van der Waals surface area contributed by atoms with Crippen molar-refractivity contribution >= 4 is 11.8 Å². The van der Waals surface area contributed by atoms with Crippen LogP contribution in [0.15, 0.2) is 12.1 Å². The molecule has 1 N–H and O–H groups in total. The fourth-order valence-electron chi connectivity index (χ4n) is 2.39. The third-order valence-corrected chi connectivity index (χ3v) is 3.67. The van der Waals surface area contributed by atoms with Crippen molar-refractivity contribution in [3.05, 3.63) is 23.4 Å². The largest absolute Gasteiger partial charge is 0.465 e. The van der Waals surface area contributed by atoms with Gasteiger partial charge in [-0.15, -0.1) is 0 Å². The first-order chi connectivity index (χ1) is 10.1. The van der Waals surface area contributed by atoms with Crippen LogP contribution in [-0.4, -0.2) is 61.9 Å². The van der Waals surface area contributed by atoms with Crippen LogP contribution < -0.4 is 5.32 Å². The highest BCUT2D eigenvalue weighted by molar-refractivity contribution is 5.90. The van der Waals surface area contributed by atoms with E-state index in [1.807, 2.05) is 0 Å². The summed E-state index contributed by atoms with van der Waals surface area (Å²) < 4.78 is 10.4. The number of esters is 1. The summed E-state index contributed by atoms with van der Waals surface area (Å²) in [6.07, 6.45) is 0.168. The van der Waals surface area contributed by atoms with Gasteiger partial charge >= 0.3 is 5.97 Å². The first-order valence-electron chi connectivity index (χ1n) is 7.27. The quantitative estimate of drug-likeness (QED) is 0.826. The number of methoxy groups -OCH3 is 1. The summed E-state index contributed by atoms with van der Waals surface area (Å²) in [6, 6.07) is 3.52. The van der Waals surface area contributed by atoms with E-state index in [4.69, 9.17) is 9.47 Å². The summed E-state index contributed by atoms with van der Waals surface area (Å²) in [6.45, 7) is 8.42. The zero-order valence-electron chi connectivity index (χ0n) is 12.9. The SMILES string of the molecule is CCN1CCOC(CNc2ccc(C(=O)OC)c(C)n2)C1. The molecular formula is C15H23N3O3. The van der Waals surface area contributed by atoms with E-state index in [0.717, 1.165) is 32.1 Å². The van der Waals surface area contributed by atoms with E-state index in [9.17, 15) is 4.79 Å². The van der Waals surface area contributed by atoms with E-state index in [1.54, 1.807) is 19.1 Å². The molecule has 0 bridgehead atoms. The number of anilines is 1. The summed E-state index contributed by atoms with van der Waals surface area (Å²) in [5.74, 6) is 0.387. The molecule has 0 spiro atoms. The highest BCUT2D eigenvalue weighted by Gasteiger charge is 2.19. The molecule has 0 aromatic carbocycles. The number of morpholine rings is 1. The van der Waals surface area contributed by atoms with Gasteiger partial charge in [0.25, 0.3) is 0 Å². The molecule has 2 heterocycles. The van der Waals surface area contributed by atoms with Gasteiger partial charge in [-0.2, -0.15) is 0 Å². The van der Waals surface area contributed by atoms with Crippen LogP contribution in [0.25, 0.3) is 0 Å². The summed E-state index contributed by atoms with van der Waals surface area (Å²) in [4.78, 5) is 18.3. The Morgan fingerprint density at radius 1 is 1.57 bits per heavy atom. The van der Waals surface area contributed by atoms with Crippen molar-refractivity contribution in [2.75, 3.05) is 45.2 Å². The second-order valence-corrected chi connectivity index (χ2v) is 5.09. The maximum atomic E-state index is 11.5. The van der Waals surface area contributed by atoms with Crippen molar-refractivity contribution in [3.8, 4) is 0 Å². The summed E-state index contributed by atoms with van der Waals surface area (Å²) in [7, 11) is 1.37. The van der Waals surface area contributed by atoms with Crippen LogP contribution in [-0.2, 0) is 9.47 Å². The molecule has 21 heavy (non-hydrogen) atoms. The Morgan fingerprint density at radius 2 is 2.38 bits per heavy atom. The number of ether oxygens (including phenoxy) is 2. The van der Waals surface area contributed by atoms with E-state index in [2.05, 4.69) is 22.1 Å². The zero-order valence-corrected chi connectivity index (χ0v) is 12.9. The van der Waals surface area contributed by atoms with Gasteiger partial charge in [0.1, 0.15) is 5.82 Å². The summed E-state index contributed by atoms with van der Waals surface area (Å²) in [5, 5.41) is 3.27. The topological polar surface area (TPSA) is 63.7 Å². The number of rotatable bonds is 5. The van der Waals surface area contributed by atoms with Crippen molar-refractivity contribution in [1.29, 1.82) is 0 Å². The maximum absolute atomic E-state index is 11.5. The molecule has 2 rings (SSSR count). The second kappa shape index (κ2) is 7.38. The number of aromatic nitrogens is 1. The van der Waals surface area contributed by atoms with Gasteiger partial charge in [-0.3, -0.25) is 4.90 Å². The fourth-order valence-corrected chi connectivity index (χ4v) is 2.39. The molecule has 1 saturated heterocycles. The number of carbonyl (C=O) groups is 1. The Kier molecular flexibility index (Phi) is 5.52. The molecule has 0 amide bonds. The number of hydrogen-bond donors (Lipinski definition) is 1. The average molecular weight is 293 g/mol. The standard InChI is InChI=1S/C15H23N3O3/c1-4-18-7-8-21-12(10-18)9-16-14-6-5-13(11(2)17-14)15(19)20-3/h5-6,12H,4,7-10H2,1-3H3,(H,16,17). The van der Waals surface area contributed by atoms with E-state index in [0.29, 0.717) is 17.8 Å². The smallest absolute Gasteiger partial charge is 0.339 e. The highest BCUT2D eigenvalue weighted by Crippen LogP contribution is 2.12. The Morgan fingerprint density at radius 3 is 3.05 bits per heavy atom. The Labute approximate surface area is 125 Å². The second-order valence-electron chi connectivity index (χ2n) is 5.09. The van der Waals surface area contributed by atoms with Crippen LogP contribution in [0.3, 0.4) is 0 Å². The molecule has 6 heteroatoms. The molecule has 1 unspecified atom stereocenters. The molecule has 6 nitrogen and oxygen atoms in total. The van der Waals surface area contributed by atoms with Crippen molar-refractivity contribution in [2.45, 2.75) is 20.0 Å². The van der Waals surface area contributed by atoms with Crippen LogP contribution in [0.4, 0.5) is 5.82 Å². The molecule has 1 atom stereocenters. The van der Waals surface area contributed by atoms with Crippen molar-refractivity contribution in [1.82, 2.24) is 9.88 Å². The number of likely N-dealkylation sites (N-methyl/N-ethyl adjacent to an activating group) is 1. The molecule has 1 aliphatic rings. The first kappa shape index (κ1) is 15.7. The summed E-state index contributed by atoms with van der Waals surface area (Å²) in [5.41, 5.74) is 1.15. The lowest BCUT2D eigenvalue weighted by Gasteiger charge is -2.32. The van der Waals surface area contributed by atoms with Crippen molar-refractivity contribution in [3.63, 3.8) is 0 Å². The van der Waals surface area contributed by atoms with Gasteiger partial charge in [0, 0.05) is 19.6 Å². The van der Waals surface area contributed by atoms with E-state index in [1.165, 1.54) is 7.11 Å². The van der Waals surface area contributed by atoms with Crippen LogP contribution in [0.5, 0.6) is 0 Å². The predicted molar refractivity (Wildman–Crippen MR) is 80.7 cm³/mol. The molecule has 1 fully saturated rings. The number of aryl methyl sites for hydroxylation is 1. The lowest BCUT2D eigenvalue weighted by atomic mass is 10.2. The van der Waals surface area contributed by atoms with Crippen molar-refractivity contribution < 1.29 is 14.3 Å². The minimum absolute atomic E-state index is 0.168. The van der Waals surface area contributed by atoms with Gasteiger partial charge in [-0.25, -0.2) is 9.78 Å². The predicted octanol–water partition coefficient (Wildman–Crippen LogP) is 1.31. The Bertz CT molecular complexity index is 493. The Hall–Kier alpha value is -1.66. The van der Waals surface area contributed by atoms with E-state index >= 15 is 0 Å². The van der Waals surface area contributed by atoms with Gasteiger partial charge in [-0.05, 0) is 25.6 Å². The van der Waals surface area contributed by atoms with Gasteiger partial charge in [0.15, 0.2) is 0 Å².